The third-order valence-electron chi connectivity index (χ3n) is 1.00. The van der Waals surface area contributed by atoms with E-state index in [1.54, 1.807) is 0 Å². The SMILES string of the molecule is CC(Cl)=CC[N]CC=C(C)Cl. The molecule has 0 N–H and O–H groups in total. The van der Waals surface area contributed by atoms with E-state index in [0.717, 1.165) is 10.1 Å². The number of rotatable bonds is 4. The van der Waals surface area contributed by atoms with E-state index in [4.69, 9.17) is 23.2 Å². The maximum Gasteiger partial charge on any atom is 0.0331 e. The second-order valence-corrected chi connectivity index (χ2v) is 3.36. The first-order chi connectivity index (χ1) is 5.13. The van der Waals surface area contributed by atoms with Gasteiger partial charge in [-0.1, -0.05) is 35.4 Å². The van der Waals surface area contributed by atoms with Crippen LogP contribution in [0.15, 0.2) is 22.2 Å². The standard InChI is InChI=1S/C8H12Cl2N/c1-7(9)3-5-11-6-4-8(2)10/h3-4H,5-6H2,1-2H3. The van der Waals surface area contributed by atoms with Crippen molar-refractivity contribution >= 4 is 23.2 Å². The van der Waals surface area contributed by atoms with Crippen LogP contribution >= 0.6 is 23.2 Å². The molecule has 0 spiro atoms. The molecule has 0 amide bonds. The van der Waals surface area contributed by atoms with Crippen LogP contribution in [-0.4, -0.2) is 13.1 Å². The smallest absolute Gasteiger partial charge is 0.0331 e. The van der Waals surface area contributed by atoms with Crippen molar-refractivity contribution in [2.75, 3.05) is 13.1 Å². The summed E-state index contributed by atoms with van der Waals surface area (Å²) in [5.41, 5.74) is 0. The van der Waals surface area contributed by atoms with Crippen molar-refractivity contribution in [1.82, 2.24) is 5.32 Å². The lowest BCUT2D eigenvalue weighted by Crippen LogP contribution is -2.04. The Labute approximate surface area is 78.1 Å². The fraction of sp³-hybridized carbons (Fsp3) is 0.500. The molecular formula is C8H12Cl2N. The summed E-state index contributed by atoms with van der Waals surface area (Å²) in [4.78, 5) is 0. The van der Waals surface area contributed by atoms with Crippen molar-refractivity contribution in [2.24, 2.45) is 0 Å². The van der Waals surface area contributed by atoms with E-state index in [1.807, 2.05) is 26.0 Å². The number of nitrogens with zero attached hydrogens (tertiary/aromatic N) is 1. The minimum atomic E-state index is 0.663. The summed E-state index contributed by atoms with van der Waals surface area (Å²) in [7, 11) is 0. The van der Waals surface area contributed by atoms with Crippen LogP contribution in [0.2, 0.25) is 0 Å². The van der Waals surface area contributed by atoms with E-state index < -0.39 is 0 Å². The molecule has 0 fully saturated rings. The molecule has 0 atom stereocenters. The highest BCUT2D eigenvalue weighted by atomic mass is 35.5. The number of hydrogen-bond donors (Lipinski definition) is 0. The molecule has 63 valence electrons. The van der Waals surface area contributed by atoms with Gasteiger partial charge in [0, 0.05) is 23.2 Å². The molecular weight excluding hydrogens is 181 g/mol. The molecule has 0 saturated heterocycles. The number of hydrogen-bond acceptors (Lipinski definition) is 0. The predicted molar refractivity (Wildman–Crippen MR) is 51.1 cm³/mol. The molecule has 0 bridgehead atoms. The summed E-state index contributed by atoms with van der Waals surface area (Å²) in [6.45, 7) is 4.99. The largest absolute Gasteiger partial charge is 0.234 e. The molecule has 0 rings (SSSR count). The van der Waals surface area contributed by atoms with Gasteiger partial charge in [0.25, 0.3) is 0 Å². The molecule has 11 heavy (non-hydrogen) atoms. The molecule has 0 aliphatic carbocycles. The quantitative estimate of drug-likeness (QED) is 0.609. The lowest BCUT2D eigenvalue weighted by atomic mass is 10.4. The summed E-state index contributed by atoms with van der Waals surface area (Å²) in [5, 5.41) is 5.69. The molecule has 0 aromatic heterocycles. The van der Waals surface area contributed by atoms with E-state index in [-0.39, 0.29) is 0 Å². The van der Waals surface area contributed by atoms with Gasteiger partial charge in [0.2, 0.25) is 0 Å². The van der Waals surface area contributed by atoms with Crippen LogP contribution in [-0.2, 0) is 0 Å². The van der Waals surface area contributed by atoms with E-state index in [1.165, 1.54) is 0 Å². The van der Waals surface area contributed by atoms with Crippen LogP contribution in [0.5, 0.6) is 0 Å². The fourth-order valence-electron chi connectivity index (χ4n) is 0.455. The first-order valence-electron chi connectivity index (χ1n) is 3.40. The minimum absolute atomic E-state index is 0.663. The van der Waals surface area contributed by atoms with Crippen molar-refractivity contribution in [1.29, 1.82) is 0 Å². The molecule has 0 aromatic rings. The Morgan fingerprint density at radius 2 is 1.45 bits per heavy atom. The molecule has 0 saturated carbocycles. The first kappa shape index (κ1) is 11.0. The van der Waals surface area contributed by atoms with Crippen molar-refractivity contribution in [3.05, 3.63) is 22.2 Å². The zero-order valence-electron chi connectivity index (χ0n) is 6.77. The Kier molecular flexibility index (Phi) is 6.73. The highest BCUT2D eigenvalue weighted by Crippen LogP contribution is 1.97. The average Bonchev–Trinajstić information content (AvgIpc) is 1.85. The van der Waals surface area contributed by atoms with E-state index in [9.17, 15) is 0 Å². The second-order valence-electron chi connectivity index (χ2n) is 2.17. The Morgan fingerprint density at radius 3 is 1.73 bits per heavy atom. The Balaban J connectivity index is 3.29. The van der Waals surface area contributed by atoms with Gasteiger partial charge in [-0.25, -0.2) is 5.32 Å². The van der Waals surface area contributed by atoms with Gasteiger partial charge in [-0.3, -0.25) is 0 Å². The summed E-state index contributed by atoms with van der Waals surface area (Å²) >= 11 is 11.2. The zero-order valence-corrected chi connectivity index (χ0v) is 8.28. The van der Waals surface area contributed by atoms with Gasteiger partial charge in [-0.2, -0.15) is 0 Å². The van der Waals surface area contributed by atoms with Gasteiger partial charge in [0.05, 0.1) is 0 Å². The van der Waals surface area contributed by atoms with Crippen LogP contribution in [0.3, 0.4) is 0 Å². The van der Waals surface area contributed by atoms with Gasteiger partial charge < -0.3 is 0 Å². The molecule has 0 aliphatic heterocycles. The first-order valence-corrected chi connectivity index (χ1v) is 4.16. The van der Waals surface area contributed by atoms with E-state index >= 15 is 0 Å². The van der Waals surface area contributed by atoms with Crippen molar-refractivity contribution in [3.8, 4) is 0 Å². The Bertz CT molecular complexity index is 135. The molecule has 0 unspecified atom stereocenters. The number of halogens is 2. The molecule has 0 heterocycles. The van der Waals surface area contributed by atoms with Gasteiger partial charge in [-0.05, 0) is 13.8 Å². The van der Waals surface area contributed by atoms with E-state index in [2.05, 4.69) is 5.32 Å². The van der Waals surface area contributed by atoms with Crippen LogP contribution in [0.4, 0.5) is 0 Å². The monoisotopic (exact) mass is 192 g/mol. The Hall–Kier alpha value is 0.0200. The highest BCUT2D eigenvalue weighted by molar-refractivity contribution is 6.29. The topological polar surface area (TPSA) is 14.1 Å². The average molecular weight is 193 g/mol. The second kappa shape index (κ2) is 6.71. The van der Waals surface area contributed by atoms with Crippen LogP contribution < -0.4 is 5.32 Å². The lowest BCUT2D eigenvalue weighted by molar-refractivity contribution is 0.820. The molecule has 1 nitrogen and oxygen atoms in total. The highest BCUT2D eigenvalue weighted by Gasteiger charge is 1.83. The third kappa shape index (κ3) is 10.0. The van der Waals surface area contributed by atoms with Gasteiger partial charge >= 0.3 is 0 Å². The van der Waals surface area contributed by atoms with Crippen molar-refractivity contribution in [3.63, 3.8) is 0 Å². The molecule has 0 aliphatic rings. The normalized spacial score (nSPS) is 13.8. The van der Waals surface area contributed by atoms with Crippen LogP contribution in [0.25, 0.3) is 0 Å². The van der Waals surface area contributed by atoms with Crippen LogP contribution in [0.1, 0.15) is 13.8 Å². The van der Waals surface area contributed by atoms with Crippen molar-refractivity contribution < 1.29 is 0 Å². The summed E-state index contributed by atoms with van der Waals surface area (Å²) in [6, 6.07) is 0. The van der Waals surface area contributed by atoms with Gasteiger partial charge in [0.1, 0.15) is 0 Å². The maximum absolute atomic E-state index is 5.58. The maximum atomic E-state index is 5.58. The summed E-state index contributed by atoms with van der Waals surface area (Å²) in [5.74, 6) is 0. The molecule has 3 heteroatoms. The summed E-state index contributed by atoms with van der Waals surface area (Å²) in [6.07, 6.45) is 3.72. The number of allylic oxidation sites excluding steroid dienone is 2. The van der Waals surface area contributed by atoms with E-state index in [0.29, 0.717) is 13.1 Å². The van der Waals surface area contributed by atoms with Gasteiger partial charge in [0.15, 0.2) is 0 Å². The lowest BCUT2D eigenvalue weighted by Gasteiger charge is -1.92. The Morgan fingerprint density at radius 1 is 1.09 bits per heavy atom. The molecule has 0 aromatic carbocycles. The summed E-state index contributed by atoms with van der Waals surface area (Å²) < 4.78 is 0. The fourth-order valence-corrected chi connectivity index (χ4v) is 0.593. The zero-order chi connectivity index (χ0) is 8.69. The van der Waals surface area contributed by atoms with Crippen LogP contribution in [0, 0.1) is 0 Å². The minimum Gasteiger partial charge on any atom is -0.234 e. The van der Waals surface area contributed by atoms with Crippen molar-refractivity contribution in [2.45, 2.75) is 13.8 Å². The molecule has 1 radical (unpaired) electrons. The third-order valence-corrected chi connectivity index (χ3v) is 1.31. The predicted octanol–water partition coefficient (Wildman–Crippen LogP) is 2.88. The van der Waals surface area contributed by atoms with Gasteiger partial charge in [-0.15, -0.1) is 0 Å².